The lowest BCUT2D eigenvalue weighted by Crippen LogP contribution is -2.20. The molecule has 0 bridgehead atoms. The molecule has 0 aliphatic rings. The summed E-state index contributed by atoms with van der Waals surface area (Å²) in [7, 11) is 1.34. The fourth-order valence-electron chi connectivity index (χ4n) is 1.21. The van der Waals surface area contributed by atoms with Gasteiger partial charge in [-0.2, -0.15) is 0 Å². The second-order valence-electron chi connectivity index (χ2n) is 3.51. The molecule has 5 heteroatoms. The van der Waals surface area contributed by atoms with Crippen molar-refractivity contribution >= 4 is 28.2 Å². The molecule has 0 spiro atoms. The van der Waals surface area contributed by atoms with E-state index in [9.17, 15) is 9.59 Å². The lowest BCUT2D eigenvalue weighted by molar-refractivity contribution is -0.145. The Balaban J connectivity index is 2.70. The summed E-state index contributed by atoms with van der Waals surface area (Å²) in [5.74, 6) is -0.148. The van der Waals surface area contributed by atoms with Gasteiger partial charge in [-0.1, -0.05) is 12.1 Å². The topological polar surface area (TPSA) is 52.6 Å². The highest BCUT2D eigenvalue weighted by Gasteiger charge is 2.15. The van der Waals surface area contributed by atoms with Gasteiger partial charge in [-0.3, -0.25) is 9.59 Å². The van der Waals surface area contributed by atoms with Gasteiger partial charge in [-0.05, 0) is 28.9 Å². The number of hydrogen-bond donors (Lipinski definition) is 0. The van der Waals surface area contributed by atoms with E-state index in [4.69, 9.17) is 4.74 Å². The minimum atomic E-state index is -0.355. The molecule has 0 N–H and O–H groups in total. The van der Waals surface area contributed by atoms with Crippen LogP contribution < -0.4 is 4.74 Å². The number of halogens is 1. The number of methoxy groups -OCH3 is 1. The third-order valence-electron chi connectivity index (χ3n) is 2.21. The van der Waals surface area contributed by atoms with Crippen LogP contribution in [0.25, 0.3) is 0 Å². The fraction of sp³-hybridized carbons (Fsp3) is 0.333. The molecule has 0 radical (unpaired) electrons. The van der Waals surface area contributed by atoms with E-state index in [0.29, 0.717) is 15.8 Å². The summed E-state index contributed by atoms with van der Waals surface area (Å²) in [5.41, 5.74) is 0.508. The number of carbonyl (C=O) groups excluding carboxylic acids is 2. The van der Waals surface area contributed by atoms with Gasteiger partial charge in [0.05, 0.1) is 17.5 Å². The maximum absolute atomic E-state index is 11.2. The Labute approximate surface area is 108 Å². The molecular weight excluding hydrogens is 288 g/mol. The van der Waals surface area contributed by atoms with Gasteiger partial charge in [0.1, 0.15) is 12.4 Å². The Morgan fingerprint density at radius 3 is 2.82 bits per heavy atom. The minimum Gasteiger partial charge on any atom is -0.491 e. The number of rotatable bonds is 5. The van der Waals surface area contributed by atoms with Crippen LogP contribution in [0.15, 0.2) is 22.7 Å². The lowest BCUT2D eigenvalue weighted by atomic mass is 10.2. The third-order valence-corrected chi connectivity index (χ3v) is 3.06. The van der Waals surface area contributed by atoms with Crippen molar-refractivity contribution in [2.24, 2.45) is 5.92 Å². The Kier molecular flexibility index (Phi) is 5.15. The number of benzene rings is 1. The van der Waals surface area contributed by atoms with Crippen LogP contribution >= 0.6 is 15.9 Å². The van der Waals surface area contributed by atoms with E-state index in [1.807, 2.05) is 0 Å². The predicted octanol–water partition coefficient (Wildman–Crippen LogP) is 2.45. The van der Waals surface area contributed by atoms with Gasteiger partial charge in [-0.15, -0.1) is 0 Å². The van der Waals surface area contributed by atoms with Crippen molar-refractivity contribution in [3.8, 4) is 5.75 Å². The Hall–Kier alpha value is -1.36. The molecule has 4 nitrogen and oxygen atoms in total. The number of aldehydes is 1. The zero-order valence-corrected chi connectivity index (χ0v) is 11.2. The van der Waals surface area contributed by atoms with Crippen molar-refractivity contribution < 1.29 is 19.1 Å². The first-order valence-corrected chi connectivity index (χ1v) is 5.83. The monoisotopic (exact) mass is 300 g/mol. The molecule has 0 aromatic heterocycles. The van der Waals surface area contributed by atoms with Crippen LogP contribution in [0.1, 0.15) is 17.3 Å². The highest BCUT2D eigenvalue weighted by atomic mass is 79.9. The number of esters is 1. The minimum absolute atomic E-state index is 0.202. The summed E-state index contributed by atoms with van der Waals surface area (Å²) in [4.78, 5) is 21.9. The van der Waals surface area contributed by atoms with Gasteiger partial charge >= 0.3 is 5.97 Å². The highest BCUT2D eigenvalue weighted by Crippen LogP contribution is 2.27. The van der Waals surface area contributed by atoms with E-state index < -0.39 is 0 Å². The zero-order valence-electron chi connectivity index (χ0n) is 9.60. The molecule has 0 saturated heterocycles. The molecule has 1 rings (SSSR count). The first-order chi connectivity index (χ1) is 8.10. The molecule has 1 atom stereocenters. The predicted molar refractivity (Wildman–Crippen MR) is 66.2 cm³/mol. The molecule has 1 aromatic carbocycles. The molecule has 1 aromatic rings. The van der Waals surface area contributed by atoms with Gasteiger partial charge < -0.3 is 9.47 Å². The average Bonchev–Trinajstić information content (AvgIpc) is 2.36. The number of hydrogen-bond acceptors (Lipinski definition) is 4. The highest BCUT2D eigenvalue weighted by molar-refractivity contribution is 9.10. The van der Waals surface area contributed by atoms with Gasteiger partial charge in [0.2, 0.25) is 0 Å². The maximum Gasteiger partial charge on any atom is 0.311 e. The molecular formula is C12H13BrO4. The van der Waals surface area contributed by atoms with E-state index in [0.717, 1.165) is 6.29 Å². The maximum atomic E-state index is 11.2. The second kappa shape index (κ2) is 6.39. The molecule has 17 heavy (non-hydrogen) atoms. The molecule has 0 aliphatic heterocycles. The summed E-state index contributed by atoms with van der Waals surface area (Å²) in [5, 5.41) is 0. The SMILES string of the molecule is COC(=O)[C@@H](C)COc1cccc(C=O)c1Br. The van der Waals surface area contributed by atoms with Crippen LogP contribution in [0.5, 0.6) is 5.75 Å². The Morgan fingerprint density at radius 1 is 1.53 bits per heavy atom. The first-order valence-electron chi connectivity index (χ1n) is 5.04. The van der Waals surface area contributed by atoms with Crippen LogP contribution in [0, 0.1) is 5.92 Å². The normalized spacial score (nSPS) is 11.7. The van der Waals surface area contributed by atoms with Crippen LogP contribution in [-0.4, -0.2) is 26.0 Å². The van der Waals surface area contributed by atoms with Gasteiger partial charge in [0, 0.05) is 5.56 Å². The molecule has 0 heterocycles. The quantitative estimate of drug-likeness (QED) is 0.619. The summed E-state index contributed by atoms with van der Waals surface area (Å²) in [6.45, 7) is 1.91. The van der Waals surface area contributed by atoms with Crippen molar-refractivity contribution in [2.75, 3.05) is 13.7 Å². The van der Waals surface area contributed by atoms with Gasteiger partial charge in [0.25, 0.3) is 0 Å². The van der Waals surface area contributed by atoms with E-state index in [2.05, 4.69) is 20.7 Å². The first kappa shape index (κ1) is 13.7. The molecule has 0 saturated carbocycles. The third kappa shape index (κ3) is 3.56. The van der Waals surface area contributed by atoms with Gasteiger partial charge in [-0.25, -0.2) is 0 Å². The van der Waals surface area contributed by atoms with E-state index >= 15 is 0 Å². The molecule has 0 fully saturated rings. The number of carbonyl (C=O) groups is 2. The summed E-state index contributed by atoms with van der Waals surface area (Å²) in [6.07, 6.45) is 0.737. The second-order valence-corrected chi connectivity index (χ2v) is 4.31. The summed E-state index contributed by atoms with van der Waals surface area (Å²) >= 11 is 3.27. The van der Waals surface area contributed by atoms with E-state index in [-0.39, 0.29) is 18.5 Å². The van der Waals surface area contributed by atoms with Crippen molar-refractivity contribution in [2.45, 2.75) is 6.92 Å². The van der Waals surface area contributed by atoms with Crippen molar-refractivity contribution in [1.29, 1.82) is 0 Å². The van der Waals surface area contributed by atoms with Crippen LogP contribution in [0.4, 0.5) is 0 Å². The smallest absolute Gasteiger partial charge is 0.311 e. The Bertz CT molecular complexity index is 417. The standard InChI is InChI=1S/C12H13BrO4/c1-8(12(15)16-2)7-17-10-5-3-4-9(6-14)11(10)13/h3-6,8H,7H2,1-2H3/t8-/m0/s1. The van der Waals surface area contributed by atoms with Crippen molar-refractivity contribution in [3.63, 3.8) is 0 Å². The summed E-state index contributed by atoms with van der Waals surface area (Å²) in [6, 6.07) is 5.11. The average molecular weight is 301 g/mol. The largest absolute Gasteiger partial charge is 0.491 e. The Morgan fingerprint density at radius 2 is 2.24 bits per heavy atom. The molecule has 0 unspecified atom stereocenters. The summed E-state index contributed by atoms with van der Waals surface area (Å²) < 4.78 is 10.6. The molecule has 92 valence electrons. The van der Waals surface area contributed by atoms with Crippen molar-refractivity contribution in [3.05, 3.63) is 28.2 Å². The lowest BCUT2D eigenvalue weighted by Gasteiger charge is -2.12. The fourth-order valence-corrected chi connectivity index (χ4v) is 1.69. The molecule has 0 aliphatic carbocycles. The van der Waals surface area contributed by atoms with Crippen LogP contribution in [-0.2, 0) is 9.53 Å². The van der Waals surface area contributed by atoms with Crippen molar-refractivity contribution in [1.82, 2.24) is 0 Å². The van der Waals surface area contributed by atoms with E-state index in [1.165, 1.54) is 7.11 Å². The zero-order chi connectivity index (χ0) is 12.8. The van der Waals surface area contributed by atoms with Gasteiger partial charge in [0.15, 0.2) is 6.29 Å². The molecule has 0 amide bonds. The number of ether oxygens (including phenoxy) is 2. The van der Waals surface area contributed by atoms with Crippen LogP contribution in [0.3, 0.4) is 0 Å². The van der Waals surface area contributed by atoms with Crippen LogP contribution in [0.2, 0.25) is 0 Å². The van der Waals surface area contributed by atoms with E-state index in [1.54, 1.807) is 25.1 Å².